The number of aryl methyl sites for hydroxylation is 1. The van der Waals surface area contributed by atoms with Gasteiger partial charge in [-0.15, -0.1) is 0 Å². The van der Waals surface area contributed by atoms with Crippen LogP contribution in [-0.2, 0) is 0 Å². The molecule has 0 unspecified atom stereocenters. The summed E-state index contributed by atoms with van der Waals surface area (Å²) < 4.78 is 0. The summed E-state index contributed by atoms with van der Waals surface area (Å²) in [6, 6.07) is 3.68. The van der Waals surface area contributed by atoms with Gasteiger partial charge in [-0.2, -0.15) is 0 Å². The average molecular weight is 186 g/mol. The number of rotatable bonds is 0. The second-order valence-corrected chi connectivity index (χ2v) is 2.87. The van der Waals surface area contributed by atoms with Crippen molar-refractivity contribution in [2.75, 3.05) is 5.73 Å². The molecule has 0 aliphatic rings. The van der Waals surface area contributed by atoms with Crippen LogP contribution in [0.2, 0.25) is 5.02 Å². The Labute approximate surface area is 79.5 Å². The van der Waals surface area contributed by atoms with E-state index in [1.807, 2.05) is 33.8 Å². The minimum absolute atomic E-state index is 0.709. The van der Waals surface area contributed by atoms with Crippen LogP contribution in [0.4, 0.5) is 5.69 Å². The maximum absolute atomic E-state index is 5.74. The molecule has 0 aromatic heterocycles. The van der Waals surface area contributed by atoms with Crippen molar-refractivity contribution in [3.05, 3.63) is 28.3 Å². The van der Waals surface area contributed by atoms with Crippen molar-refractivity contribution in [2.24, 2.45) is 0 Å². The van der Waals surface area contributed by atoms with Crippen LogP contribution in [0, 0.1) is 13.8 Å². The van der Waals surface area contributed by atoms with E-state index < -0.39 is 0 Å². The largest absolute Gasteiger partial charge is 0.398 e. The zero-order valence-corrected chi connectivity index (χ0v) is 8.87. The number of hydrogen-bond acceptors (Lipinski definition) is 1. The third kappa shape index (κ3) is 2.74. The molecule has 0 atom stereocenters. The molecule has 12 heavy (non-hydrogen) atoms. The Bertz CT molecular complexity index is 233. The summed E-state index contributed by atoms with van der Waals surface area (Å²) in [6.45, 7) is 7.98. The third-order valence-corrected chi connectivity index (χ3v) is 1.89. The molecule has 0 amide bonds. The first-order valence-electron chi connectivity index (χ1n) is 4.13. The van der Waals surface area contributed by atoms with Crippen molar-refractivity contribution in [1.82, 2.24) is 0 Å². The molecule has 1 rings (SSSR count). The highest BCUT2D eigenvalue weighted by atomic mass is 35.5. The minimum Gasteiger partial charge on any atom is -0.398 e. The van der Waals surface area contributed by atoms with E-state index >= 15 is 0 Å². The lowest BCUT2D eigenvalue weighted by molar-refractivity contribution is 1.35. The van der Waals surface area contributed by atoms with E-state index in [4.69, 9.17) is 17.3 Å². The summed E-state index contributed by atoms with van der Waals surface area (Å²) >= 11 is 5.74. The SMILES string of the molecule is CC.Cc1cc(Cl)cc(N)c1C. The molecule has 0 fully saturated rings. The van der Waals surface area contributed by atoms with Crippen LogP contribution in [0.25, 0.3) is 0 Å². The molecule has 1 aromatic rings. The molecule has 2 heteroatoms. The molecule has 1 nitrogen and oxygen atoms in total. The van der Waals surface area contributed by atoms with Crippen LogP contribution < -0.4 is 5.73 Å². The van der Waals surface area contributed by atoms with Crippen molar-refractivity contribution in [3.63, 3.8) is 0 Å². The summed E-state index contributed by atoms with van der Waals surface area (Å²) in [5.74, 6) is 0. The summed E-state index contributed by atoms with van der Waals surface area (Å²) in [4.78, 5) is 0. The number of anilines is 1. The highest BCUT2D eigenvalue weighted by Gasteiger charge is 1.97. The van der Waals surface area contributed by atoms with Crippen LogP contribution >= 0.6 is 11.6 Å². The Morgan fingerprint density at radius 1 is 1.17 bits per heavy atom. The first kappa shape index (κ1) is 11.3. The molecule has 0 aliphatic heterocycles. The van der Waals surface area contributed by atoms with Gasteiger partial charge in [-0.25, -0.2) is 0 Å². The van der Waals surface area contributed by atoms with Crippen molar-refractivity contribution < 1.29 is 0 Å². The maximum Gasteiger partial charge on any atom is 0.0429 e. The van der Waals surface area contributed by atoms with E-state index in [9.17, 15) is 0 Å². The standard InChI is InChI=1S/C8H10ClN.C2H6/c1-5-3-7(9)4-8(10)6(5)2;1-2/h3-4H,10H2,1-2H3;1-2H3. The molecule has 0 saturated heterocycles. The van der Waals surface area contributed by atoms with Gasteiger partial charge in [-0.3, -0.25) is 0 Å². The smallest absolute Gasteiger partial charge is 0.0429 e. The van der Waals surface area contributed by atoms with Gasteiger partial charge in [-0.05, 0) is 37.1 Å². The van der Waals surface area contributed by atoms with Gasteiger partial charge >= 0.3 is 0 Å². The average Bonchev–Trinajstić information content (AvgIpc) is 2.04. The van der Waals surface area contributed by atoms with Crippen LogP contribution in [0.5, 0.6) is 0 Å². The Hall–Kier alpha value is -0.690. The molecule has 0 aliphatic carbocycles. The van der Waals surface area contributed by atoms with E-state index in [0.717, 1.165) is 16.8 Å². The number of benzene rings is 1. The molecular formula is C10H16ClN. The lowest BCUT2D eigenvalue weighted by atomic mass is 10.1. The zero-order chi connectivity index (χ0) is 9.72. The van der Waals surface area contributed by atoms with Gasteiger partial charge in [0.15, 0.2) is 0 Å². The highest BCUT2D eigenvalue weighted by molar-refractivity contribution is 6.30. The fourth-order valence-electron chi connectivity index (χ4n) is 0.841. The molecule has 0 heterocycles. The summed E-state index contributed by atoms with van der Waals surface area (Å²) in [5, 5.41) is 0.709. The summed E-state index contributed by atoms with van der Waals surface area (Å²) in [7, 11) is 0. The first-order valence-corrected chi connectivity index (χ1v) is 4.51. The zero-order valence-electron chi connectivity index (χ0n) is 8.11. The summed E-state index contributed by atoms with van der Waals surface area (Å²) in [6.07, 6.45) is 0. The minimum atomic E-state index is 0.709. The molecule has 0 saturated carbocycles. The van der Waals surface area contributed by atoms with Crippen molar-refractivity contribution in [2.45, 2.75) is 27.7 Å². The van der Waals surface area contributed by atoms with Crippen LogP contribution in [0.3, 0.4) is 0 Å². The topological polar surface area (TPSA) is 26.0 Å². The molecule has 1 aromatic carbocycles. The van der Waals surface area contributed by atoms with Gasteiger partial charge in [0.25, 0.3) is 0 Å². The lowest BCUT2D eigenvalue weighted by Gasteiger charge is -2.03. The number of nitrogens with two attached hydrogens (primary N) is 1. The van der Waals surface area contributed by atoms with Gasteiger partial charge in [-0.1, -0.05) is 25.4 Å². The molecule has 0 spiro atoms. The van der Waals surface area contributed by atoms with Crippen molar-refractivity contribution in [3.8, 4) is 0 Å². The normalized spacial score (nSPS) is 8.75. The summed E-state index contributed by atoms with van der Waals surface area (Å²) in [5.41, 5.74) is 8.66. The van der Waals surface area contributed by atoms with E-state index in [1.165, 1.54) is 0 Å². The Morgan fingerprint density at radius 3 is 2.08 bits per heavy atom. The predicted molar refractivity (Wildman–Crippen MR) is 56.7 cm³/mol. The van der Waals surface area contributed by atoms with E-state index in [0.29, 0.717) is 5.02 Å². The van der Waals surface area contributed by atoms with Gasteiger partial charge in [0.2, 0.25) is 0 Å². The fourth-order valence-corrected chi connectivity index (χ4v) is 1.12. The number of hydrogen-bond donors (Lipinski definition) is 1. The van der Waals surface area contributed by atoms with Crippen molar-refractivity contribution in [1.29, 1.82) is 0 Å². The van der Waals surface area contributed by atoms with Gasteiger partial charge in [0.1, 0.15) is 0 Å². The molecule has 0 radical (unpaired) electrons. The fraction of sp³-hybridized carbons (Fsp3) is 0.400. The third-order valence-electron chi connectivity index (χ3n) is 1.67. The Morgan fingerprint density at radius 2 is 1.67 bits per heavy atom. The van der Waals surface area contributed by atoms with Crippen LogP contribution in [0.15, 0.2) is 12.1 Å². The van der Waals surface area contributed by atoms with E-state index in [1.54, 1.807) is 6.07 Å². The van der Waals surface area contributed by atoms with Crippen molar-refractivity contribution >= 4 is 17.3 Å². The van der Waals surface area contributed by atoms with Gasteiger partial charge in [0.05, 0.1) is 0 Å². The second kappa shape index (κ2) is 5.04. The van der Waals surface area contributed by atoms with Gasteiger partial charge in [0, 0.05) is 10.7 Å². The first-order chi connectivity index (χ1) is 5.61. The van der Waals surface area contributed by atoms with Gasteiger partial charge < -0.3 is 5.73 Å². The van der Waals surface area contributed by atoms with E-state index in [2.05, 4.69) is 0 Å². The molecular weight excluding hydrogens is 170 g/mol. The molecule has 2 N–H and O–H groups in total. The van der Waals surface area contributed by atoms with Crippen LogP contribution in [-0.4, -0.2) is 0 Å². The molecule has 68 valence electrons. The lowest BCUT2D eigenvalue weighted by Crippen LogP contribution is -1.91. The predicted octanol–water partition coefficient (Wildman–Crippen LogP) is 3.57. The number of nitrogen functional groups attached to an aromatic ring is 1. The monoisotopic (exact) mass is 185 g/mol. The molecule has 0 bridgehead atoms. The van der Waals surface area contributed by atoms with Crippen LogP contribution in [0.1, 0.15) is 25.0 Å². The second-order valence-electron chi connectivity index (χ2n) is 2.44. The quantitative estimate of drug-likeness (QED) is 0.615. The number of halogens is 1. The highest BCUT2D eigenvalue weighted by Crippen LogP contribution is 2.20. The Balaban J connectivity index is 0.000000561. The van der Waals surface area contributed by atoms with E-state index in [-0.39, 0.29) is 0 Å². The maximum atomic E-state index is 5.74. The Kier molecular flexibility index (Phi) is 4.75.